The predicted molar refractivity (Wildman–Crippen MR) is 56.6 cm³/mol. The molecule has 0 aromatic carbocycles. The molecule has 5 nitrogen and oxygen atoms in total. The quantitative estimate of drug-likeness (QED) is 0.817. The highest BCUT2D eigenvalue weighted by atomic mass is 19.4. The van der Waals surface area contributed by atoms with Crippen molar-refractivity contribution in [1.29, 1.82) is 0 Å². The third kappa shape index (κ3) is 3.94. The van der Waals surface area contributed by atoms with Gasteiger partial charge in [0.1, 0.15) is 0 Å². The van der Waals surface area contributed by atoms with E-state index >= 15 is 0 Å². The Bertz CT molecular complexity index is 487. The molecule has 0 saturated carbocycles. The number of carboxylic acid groups (broad SMARTS) is 2. The van der Waals surface area contributed by atoms with Crippen molar-refractivity contribution in [2.45, 2.75) is 24.9 Å². The maximum absolute atomic E-state index is 10.7. The van der Waals surface area contributed by atoms with Crippen LogP contribution in [-0.2, 0) is 16.0 Å². The Morgan fingerprint density at radius 2 is 1.89 bits per heavy atom. The second-order valence-electron chi connectivity index (χ2n) is 3.78. The van der Waals surface area contributed by atoms with E-state index < -0.39 is 18.1 Å². The monoisotopic (exact) mass is 277 g/mol. The molecular weight excluding hydrogens is 267 g/mol. The van der Waals surface area contributed by atoms with E-state index in [1.807, 2.05) is 12.1 Å². The zero-order chi connectivity index (χ0) is 14.6. The third-order valence-corrected chi connectivity index (χ3v) is 2.50. The van der Waals surface area contributed by atoms with E-state index in [0.717, 1.165) is 17.7 Å². The summed E-state index contributed by atoms with van der Waals surface area (Å²) in [5.74, 6) is -3.89. The summed E-state index contributed by atoms with van der Waals surface area (Å²) in [5.41, 5.74) is 1.84. The van der Waals surface area contributed by atoms with Crippen molar-refractivity contribution >= 4 is 11.9 Å². The SMILES string of the molecule is O=C(O)C(F)(F)F.O=C(O)C1CCc2cccnc21. The first-order valence-corrected chi connectivity index (χ1v) is 5.20. The van der Waals surface area contributed by atoms with Crippen LogP contribution < -0.4 is 0 Å². The standard InChI is InChI=1S/C9H9NO2.C2HF3O2/c11-9(12)7-4-3-6-2-1-5-10-8(6)7;3-2(4,5)1(6)7/h1-2,5,7H,3-4H2,(H,11,12);(H,6,7). The van der Waals surface area contributed by atoms with E-state index in [2.05, 4.69) is 4.98 Å². The molecule has 2 rings (SSSR count). The molecule has 0 saturated heterocycles. The van der Waals surface area contributed by atoms with Gasteiger partial charge in [0.2, 0.25) is 0 Å². The molecule has 1 aliphatic carbocycles. The number of pyridine rings is 1. The van der Waals surface area contributed by atoms with Crippen LogP contribution in [0.2, 0.25) is 0 Å². The average Bonchev–Trinajstić information content (AvgIpc) is 2.72. The number of aromatic nitrogens is 1. The summed E-state index contributed by atoms with van der Waals surface area (Å²) in [4.78, 5) is 23.7. The van der Waals surface area contributed by atoms with Crippen LogP contribution in [0, 0.1) is 0 Å². The lowest BCUT2D eigenvalue weighted by Crippen LogP contribution is -2.21. The lowest BCUT2D eigenvalue weighted by Gasteiger charge is -2.02. The molecular formula is C11H10F3NO4. The molecule has 0 fully saturated rings. The van der Waals surface area contributed by atoms with Crippen molar-refractivity contribution in [3.8, 4) is 0 Å². The lowest BCUT2D eigenvalue weighted by molar-refractivity contribution is -0.192. The fourth-order valence-corrected chi connectivity index (χ4v) is 1.65. The van der Waals surface area contributed by atoms with Gasteiger partial charge in [-0.1, -0.05) is 6.07 Å². The zero-order valence-corrected chi connectivity index (χ0v) is 9.52. The molecule has 1 unspecified atom stereocenters. The Morgan fingerprint density at radius 1 is 1.32 bits per heavy atom. The van der Waals surface area contributed by atoms with Crippen molar-refractivity contribution in [1.82, 2.24) is 4.98 Å². The fourth-order valence-electron chi connectivity index (χ4n) is 1.65. The van der Waals surface area contributed by atoms with Crippen molar-refractivity contribution in [2.75, 3.05) is 0 Å². The minimum Gasteiger partial charge on any atom is -0.481 e. The number of aryl methyl sites for hydroxylation is 1. The number of halogens is 3. The minimum atomic E-state index is -5.08. The van der Waals surface area contributed by atoms with E-state index in [0.29, 0.717) is 6.42 Å². The second-order valence-corrected chi connectivity index (χ2v) is 3.78. The van der Waals surface area contributed by atoms with Crippen LogP contribution in [0.15, 0.2) is 18.3 Å². The Hall–Kier alpha value is -2.12. The molecule has 8 heteroatoms. The highest BCUT2D eigenvalue weighted by molar-refractivity contribution is 5.76. The number of fused-ring (bicyclic) bond motifs is 1. The molecule has 1 atom stereocenters. The summed E-state index contributed by atoms with van der Waals surface area (Å²) < 4.78 is 31.7. The van der Waals surface area contributed by atoms with Gasteiger partial charge in [0.05, 0.1) is 11.6 Å². The van der Waals surface area contributed by atoms with E-state index in [-0.39, 0.29) is 5.92 Å². The topological polar surface area (TPSA) is 87.5 Å². The second kappa shape index (κ2) is 5.68. The van der Waals surface area contributed by atoms with E-state index in [1.54, 1.807) is 6.20 Å². The summed E-state index contributed by atoms with van der Waals surface area (Å²) in [6, 6.07) is 3.80. The lowest BCUT2D eigenvalue weighted by atomic mass is 10.1. The van der Waals surface area contributed by atoms with Crippen LogP contribution in [0.3, 0.4) is 0 Å². The van der Waals surface area contributed by atoms with Crippen molar-refractivity contribution in [3.63, 3.8) is 0 Å². The van der Waals surface area contributed by atoms with Gasteiger partial charge in [-0.25, -0.2) is 4.79 Å². The largest absolute Gasteiger partial charge is 0.490 e. The van der Waals surface area contributed by atoms with Crippen LogP contribution in [0.4, 0.5) is 13.2 Å². The first kappa shape index (κ1) is 14.9. The molecule has 0 aliphatic heterocycles. The maximum Gasteiger partial charge on any atom is 0.490 e. The fraction of sp³-hybridized carbons (Fsp3) is 0.364. The first-order valence-electron chi connectivity index (χ1n) is 5.20. The Balaban J connectivity index is 0.000000224. The predicted octanol–water partition coefficient (Wildman–Crippen LogP) is 1.83. The number of hydrogen-bond acceptors (Lipinski definition) is 3. The van der Waals surface area contributed by atoms with E-state index in [4.69, 9.17) is 15.0 Å². The number of rotatable bonds is 1. The molecule has 1 aliphatic rings. The van der Waals surface area contributed by atoms with Crippen LogP contribution in [0.25, 0.3) is 0 Å². The molecule has 2 N–H and O–H groups in total. The third-order valence-electron chi connectivity index (χ3n) is 2.50. The average molecular weight is 277 g/mol. The van der Waals surface area contributed by atoms with Crippen LogP contribution in [0.5, 0.6) is 0 Å². The van der Waals surface area contributed by atoms with Gasteiger partial charge in [-0.15, -0.1) is 0 Å². The van der Waals surface area contributed by atoms with Crippen LogP contribution in [-0.4, -0.2) is 33.3 Å². The smallest absolute Gasteiger partial charge is 0.481 e. The number of alkyl halides is 3. The molecule has 1 heterocycles. The van der Waals surface area contributed by atoms with Gasteiger partial charge in [-0.05, 0) is 24.5 Å². The minimum absolute atomic E-state index is 0.374. The van der Waals surface area contributed by atoms with E-state index in [1.165, 1.54) is 0 Å². The Morgan fingerprint density at radius 3 is 2.37 bits per heavy atom. The van der Waals surface area contributed by atoms with Gasteiger partial charge in [0.15, 0.2) is 0 Å². The number of carboxylic acids is 2. The maximum atomic E-state index is 10.7. The number of hydrogen-bond donors (Lipinski definition) is 2. The molecule has 19 heavy (non-hydrogen) atoms. The summed E-state index contributed by atoms with van der Waals surface area (Å²) in [7, 11) is 0. The first-order chi connectivity index (χ1) is 8.73. The number of nitrogens with zero attached hydrogens (tertiary/aromatic N) is 1. The van der Waals surface area contributed by atoms with Gasteiger partial charge in [0.25, 0.3) is 0 Å². The van der Waals surface area contributed by atoms with E-state index in [9.17, 15) is 18.0 Å². The van der Waals surface area contributed by atoms with Crippen molar-refractivity contribution in [3.05, 3.63) is 29.6 Å². The highest BCUT2D eigenvalue weighted by Gasteiger charge is 2.38. The molecule has 1 aromatic rings. The summed E-state index contributed by atoms with van der Waals surface area (Å²) in [6.45, 7) is 0. The van der Waals surface area contributed by atoms with Gasteiger partial charge in [0, 0.05) is 6.20 Å². The van der Waals surface area contributed by atoms with Crippen molar-refractivity contribution < 1.29 is 33.0 Å². The zero-order valence-electron chi connectivity index (χ0n) is 9.52. The Kier molecular flexibility index (Phi) is 4.47. The molecule has 0 amide bonds. The number of aliphatic carboxylic acids is 2. The van der Waals surface area contributed by atoms with Gasteiger partial charge in [-0.2, -0.15) is 13.2 Å². The molecule has 1 aromatic heterocycles. The molecule has 0 radical (unpaired) electrons. The summed E-state index contributed by atoms with van der Waals surface area (Å²) in [6.07, 6.45) is -1.89. The number of carbonyl (C=O) groups is 2. The van der Waals surface area contributed by atoms with Crippen molar-refractivity contribution in [2.24, 2.45) is 0 Å². The van der Waals surface area contributed by atoms with Gasteiger partial charge < -0.3 is 10.2 Å². The highest BCUT2D eigenvalue weighted by Crippen LogP contribution is 2.30. The molecule has 0 spiro atoms. The Labute approximate surface area is 105 Å². The van der Waals surface area contributed by atoms with Crippen LogP contribution >= 0.6 is 0 Å². The normalized spacial score (nSPS) is 17.1. The molecule has 104 valence electrons. The summed E-state index contributed by atoms with van der Waals surface area (Å²) in [5, 5.41) is 15.9. The molecule has 0 bridgehead atoms. The van der Waals surface area contributed by atoms with Gasteiger partial charge >= 0.3 is 18.1 Å². The van der Waals surface area contributed by atoms with Gasteiger partial charge in [-0.3, -0.25) is 9.78 Å². The summed E-state index contributed by atoms with van der Waals surface area (Å²) >= 11 is 0. The van der Waals surface area contributed by atoms with Crippen LogP contribution in [0.1, 0.15) is 23.6 Å².